The van der Waals surface area contributed by atoms with Gasteiger partial charge in [0.2, 0.25) is 10.0 Å². The summed E-state index contributed by atoms with van der Waals surface area (Å²) in [5, 5.41) is 0. The van der Waals surface area contributed by atoms with E-state index in [1.807, 2.05) is 51.1 Å². The highest BCUT2D eigenvalue weighted by atomic mass is 32.2. The lowest BCUT2D eigenvalue weighted by Crippen LogP contribution is -3.14. The molecule has 4 nitrogen and oxygen atoms in total. The van der Waals surface area contributed by atoms with Crippen LogP contribution < -0.4 is 4.90 Å². The molecular formula is C22H29N2O2S+. The Morgan fingerprint density at radius 1 is 1.00 bits per heavy atom. The van der Waals surface area contributed by atoms with E-state index in [1.54, 1.807) is 4.31 Å². The van der Waals surface area contributed by atoms with Crippen molar-refractivity contribution in [1.29, 1.82) is 0 Å². The molecule has 5 heteroatoms. The molecule has 0 bridgehead atoms. The second-order valence-corrected chi connectivity index (χ2v) is 9.27. The first kappa shape index (κ1) is 19.8. The average molecular weight is 386 g/mol. The van der Waals surface area contributed by atoms with E-state index in [2.05, 4.69) is 24.3 Å². The predicted molar refractivity (Wildman–Crippen MR) is 110 cm³/mol. The summed E-state index contributed by atoms with van der Waals surface area (Å²) in [5.74, 6) is 0. The van der Waals surface area contributed by atoms with Crippen LogP contribution in [0, 0.1) is 20.8 Å². The molecule has 0 radical (unpaired) electrons. The Hall–Kier alpha value is -1.95. The van der Waals surface area contributed by atoms with Gasteiger partial charge >= 0.3 is 0 Å². The zero-order valence-corrected chi connectivity index (χ0v) is 17.2. The molecule has 0 aliphatic carbocycles. The Balaban J connectivity index is 1.62. The van der Waals surface area contributed by atoms with Gasteiger partial charge in [-0.25, -0.2) is 8.42 Å². The van der Waals surface area contributed by atoms with Crippen molar-refractivity contribution in [3.63, 3.8) is 0 Å². The number of quaternary nitrogens is 1. The highest BCUT2D eigenvalue weighted by Crippen LogP contribution is 2.25. The maximum Gasteiger partial charge on any atom is 0.244 e. The van der Waals surface area contributed by atoms with Gasteiger partial charge in [0.1, 0.15) is 0 Å². The fourth-order valence-corrected chi connectivity index (χ4v) is 5.73. The van der Waals surface area contributed by atoms with Gasteiger partial charge in [0, 0.05) is 0 Å². The number of hydrogen-bond donors (Lipinski definition) is 1. The van der Waals surface area contributed by atoms with E-state index in [-0.39, 0.29) is 0 Å². The van der Waals surface area contributed by atoms with Crippen LogP contribution in [-0.4, -0.2) is 45.4 Å². The van der Waals surface area contributed by atoms with Crippen LogP contribution in [-0.2, 0) is 10.0 Å². The third-order valence-electron chi connectivity index (χ3n) is 5.15. The topological polar surface area (TPSA) is 41.8 Å². The van der Waals surface area contributed by atoms with Crippen LogP contribution in [0.2, 0.25) is 0 Å². The molecule has 27 heavy (non-hydrogen) atoms. The van der Waals surface area contributed by atoms with Crippen LogP contribution in [0.4, 0.5) is 0 Å². The van der Waals surface area contributed by atoms with Crippen LogP contribution in [0.5, 0.6) is 0 Å². The fraction of sp³-hybridized carbons (Fsp3) is 0.364. The first-order chi connectivity index (χ1) is 12.9. The molecule has 1 N–H and O–H groups in total. The first-order valence-corrected chi connectivity index (χ1v) is 10.9. The standard InChI is InChI=1S/C22H28N2O2S/c1-18-16-19(2)22(20(3)17-18)27(25,26)24-14-12-23(13-15-24)11-7-10-21-8-5-4-6-9-21/h4-10,16-17H,11-15H2,1-3H3/p+1. The van der Waals surface area contributed by atoms with E-state index in [1.165, 1.54) is 10.5 Å². The fourth-order valence-electron chi connectivity index (χ4n) is 3.88. The highest BCUT2D eigenvalue weighted by Gasteiger charge is 2.32. The minimum Gasteiger partial charge on any atom is -0.329 e. The van der Waals surface area contributed by atoms with Crippen LogP contribution >= 0.6 is 0 Å². The summed E-state index contributed by atoms with van der Waals surface area (Å²) < 4.78 is 28.0. The summed E-state index contributed by atoms with van der Waals surface area (Å²) in [6.07, 6.45) is 4.32. The molecule has 1 heterocycles. The van der Waals surface area contributed by atoms with Crippen molar-refractivity contribution < 1.29 is 13.3 Å². The van der Waals surface area contributed by atoms with E-state index in [0.29, 0.717) is 18.0 Å². The van der Waals surface area contributed by atoms with Gasteiger partial charge in [0.05, 0.1) is 37.6 Å². The third kappa shape index (κ3) is 4.67. The molecule has 0 unspecified atom stereocenters. The highest BCUT2D eigenvalue weighted by molar-refractivity contribution is 7.89. The van der Waals surface area contributed by atoms with Crippen molar-refractivity contribution in [2.75, 3.05) is 32.7 Å². The summed E-state index contributed by atoms with van der Waals surface area (Å²) in [7, 11) is -3.43. The van der Waals surface area contributed by atoms with Crippen LogP contribution in [0.3, 0.4) is 0 Å². The van der Waals surface area contributed by atoms with Gasteiger partial charge < -0.3 is 4.90 Å². The quantitative estimate of drug-likeness (QED) is 0.858. The predicted octanol–water partition coefficient (Wildman–Crippen LogP) is 2.21. The number of rotatable bonds is 5. The van der Waals surface area contributed by atoms with Crippen molar-refractivity contribution in [2.45, 2.75) is 25.7 Å². The lowest BCUT2D eigenvalue weighted by molar-refractivity contribution is -0.897. The van der Waals surface area contributed by atoms with Crippen molar-refractivity contribution >= 4 is 16.1 Å². The summed E-state index contributed by atoms with van der Waals surface area (Å²) in [6.45, 7) is 9.52. The van der Waals surface area contributed by atoms with E-state index < -0.39 is 10.0 Å². The van der Waals surface area contributed by atoms with Crippen molar-refractivity contribution in [3.05, 3.63) is 70.8 Å². The van der Waals surface area contributed by atoms with Gasteiger partial charge in [0.25, 0.3) is 0 Å². The normalized spacial score (nSPS) is 16.9. The lowest BCUT2D eigenvalue weighted by Gasteiger charge is -2.31. The maximum absolute atomic E-state index is 13.1. The van der Waals surface area contributed by atoms with Gasteiger partial charge in [-0.3, -0.25) is 0 Å². The van der Waals surface area contributed by atoms with Gasteiger partial charge in [-0.15, -0.1) is 0 Å². The Bertz CT molecular complexity index is 890. The van der Waals surface area contributed by atoms with E-state index in [0.717, 1.165) is 36.3 Å². The molecule has 2 aromatic rings. The summed E-state index contributed by atoms with van der Waals surface area (Å²) in [6, 6.07) is 14.2. The molecule has 0 amide bonds. The first-order valence-electron chi connectivity index (χ1n) is 9.51. The van der Waals surface area contributed by atoms with Crippen molar-refractivity contribution in [2.24, 2.45) is 0 Å². The van der Waals surface area contributed by atoms with E-state index >= 15 is 0 Å². The average Bonchev–Trinajstić information content (AvgIpc) is 2.62. The third-order valence-corrected chi connectivity index (χ3v) is 7.35. The second kappa shape index (κ2) is 8.38. The van der Waals surface area contributed by atoms with Gasteiger partial charge in [-0.2, -0.15) is 4.31 Å². The smallest absolute Gasteiger partial charge is 0.244 e. The monoisotopic (exact) mass is 385 g/mol. The van der Waals surface area contributed by atoms with E-state index in [4.69, 9.17) is 0 Å². The number of sulfonamides is 1. The van der Waals surface area contributed by atoms with E-state index in [9.17, 15) is 8.42 Å². The lowest BCUT2D eigenvalue weighted by atomic mass is 10.1. The molecule has 2 aromatic carbocycles. The number of hydrogen-bond acceptors (Lipinski definition) is 2. The number of piperazine rings is 1. The number of nitrogens with one attached hydrogen (secondary N) is 1. The number of nitrogens with zero attached hydrogens (tertiary/aromatic N) is 1. The molecule has 0 spiro atoms. The van der Waals surface area contributed by atoms with Crippen LogP contribution in [0.1, 0.15) is 22.3 Å². The molecule has 1 fully saturated rings. The Morgan fingerprint density at radius 3 is 2.19 bits per heavy atom. The number of aryl methyl sites for hydroxylation is 3. The largest absolute Gasteiger partial charge is 0.329 e. The minimum atomic E-state index is -3.43. The zero-order chi connectivity index (χ0) is 19.4. The summed E-state index contributed by atoms with van der Waals surface area (Å²) in [5.41, 5.74) is 3.98. The molecule has 1 saturated heterocycles. The van der Waals surface area contributed by atoms with Crippen molar-refractivity contribution in [3.8, 4) is 0 Å². The zero-order valence-electron chi connectivity index (χ0n) is 16.4. The van der Waals surface area contributed by atoms with Crippen LogP contribution in [0.15, 0.2) is 53.4 Å². The Morgan fingerprint density at radius 2 is 1.59 bits per heavy atom. The Labute approximate surface area is 163 Å². The van der Waals surface area contributed by atoms with Crippen molar-refractivity contribution in [1.82, 2.24) is 4.31 Å². The van der Waals surface area contributed by atoms with Gasteiger partial charge in [-0.1, -0.05) is 54.1 Å². The molecular weight excluding hydrogens is 356 g/mol. The SMILES string of the molecule is Cc1cc(C)c(S(=O)(=O)N2CC[NH+](CC=Cc3ccccc3)CC2)c(C)c1. The molecule has 144 valence electrons. The molecule has 1 aliphatic heterocycles. The Kier molecular flexibility index (Phi) is 6.15. The molecule has 3 rings (SSSR count). The molecule has 0 saturated carbocycles. The molecule has 0 aromatic heterocycles. The second-order valence-electron chi connectivity index (χ2n) is 7.40. The minimum absolute atomic E-state index is 0.487. The maximum atomic E-state index is 13.1. The molecule has 0 atom stereocenters. The van der Waals surface area contributed by atoms with Crippen LogP contribution in [0.25, 0.3) is 6.08 Å². The van der Waals surface area contributed by atoms with Gasteiger partial charge in [0.15, 0.2) is 0 Å². The van der Waals surface area contributed by atoms with Gasteiger partial charge in [-0.05, 0) is 43.5 Å². The number of benzene rings is 2. The molecule has 1 aliphatic rings. The summed E-state index contributed by atoms with van der Waals surface area (Å²) in [4.78, 5) is 1.91. The summed E-state index contributed by atoms with van der Waals surface area (Å²) >= 11 is 0.